The molecule has 0 unspecified atom stereocenters. The van der Waals surface area contributed by atoms with Crippen LogP contribution in [0.5, 0.6) is 0 Å². The van der Waals surface area contributed by atoms with E-state index < -0.39 is 0 Å². The molecule has 1 heterocycles. The third-order valence-corrected chi connectivity index (χ3v) is 3.68. The highest BCUT2D eigenvalue weighted by atomic mass is 16.5. The number of esters is 1. The van der Waals surface area contributed by atoms with Gasteiger partial charge in [0, 0.05) is 6.54 Å². The van der Waals surface area contributed by atoms with Gasteiger partial charge in [0.05, 0.1) is 13.5 Å². The molecule has 0 amide bonds. The van der Waals surface area contributed by atoms with Gasteiger partial charge >= 0.3 is 5.97 Å². The molecule has 17 heavy (non-hydrogen) atoms. The Morgan fingerprint density at radius 3 is 2.59 bits per heavy atom. The van der Waals surface area contributed by atoms with Gasteiger partial charge in [-0.1, -0.05) is 0 Å². The van der Waals surface area contributed by atoms with Crippen LogP contribution in [0.3, 0.4) is 0 Å². The van der Waals surface area contributed by atoms with Gasteiger partial charge in [-0.25, -0.2) is 0 Å². The summed E-state index contributed by atoms with van der Waals surface area (Å²) in [6.07, 6.45) is 4.40. The minimum Gasteiger partial charge on any atom is -0.469 e. The minimum absolute atomic E-state index is 0.115. The van der Waals surface area contributed by atoms with E-state index in [9.17, 15) is 4.79 Å². The van der Waals surface area contributed by atoms with Gasteiger partial charge in [-0.3, -0.25) is 4.79 Å². The van der Waals surface area contributed by atoms with Crippen molar-refractivity contribution in [2.24, 2.45) is 5.92 Å². The van der Waals surface area contributed by atoms with E-state index in [1.807, 2.05) is 0 Å². The van der Waals surface area contributed by atoms with Gasteiger partial charge in [-0.15, -0.1) is 0 Å². The maximum atomic E-state index is 11.0. The summed E-state index contributed by atoms with van der Waals surface area (Å²) in [7, 11) is 5.72. The van der Waals surface area contributed by atoms with E-state index in [0.29, 0.717) is 6.42 Å². The molecule has 1 saturated heterocycles. The molecule has 0 N–H and O–H groups in total. The van der Waals surface area contributed by atoms with Gasteiger partial charge in [-0.05, 0) is 58.9 Å². The number of methoxy groups -OCH3 is 1. The quantitative estimate of drug-likeness (QED) is 0.656. The molecule has 0 spiro atoms. The maximum Gasteiger partial charge on any atom is 0.306 e. The molecule has 100 valence electrons. The van der Waals surface area contributed by atoms with Crippen LogP contribution in [-0.2, 0) is 9.53 Å². The smallest absolute Gasteiger partial charge is 0.306 e. The Morgan fingerprint density at radius 1 is 1.35 bits per heavy atom. The van der Waals surface area contributed by atoms with Crippen molar-refractivity contribution in [3.8, 4) is 0 Å². The van der Waals surface area contributed by atoms with Crippen LogP contribution in [0.25, 0.3) is 0 Å². The topological polar surface area (TPSA) is 32.8 Å². The van der Waals surface area contributed by atoms with Gasteiger partial charge in [-0.2, -0.15) is 0 Å². The van der Waals surface area contributed by atoms with E-state index in [0.717, 1.165) is 19.0 Å². The predicted octanol–water partition coefficient (Wildman–Crippen LogP) is 1.21. The number of carbonyl (C=O) groups excluding carboxylic acids is 1. The lowest BCUT2D eigenvalue weighted by Gasteiger charge is -2.30. The molecule has 1 rings (SSSR count). The van der Waals surface area contributed by atoms with Gasteiger partial charge in [0.25, 0.3) is 0 Å². The zero-order valence-electron chi connectivity index (χ0n) is 11.4. The fourth-order valence-electron chi connectivity index (χ4n) is 2.25. The van der Waals surface area contributed by atoms with Crippen molar-refractivity contribution in [2.75, 3.05) is 47.4 Å². The van der Waals surface area contributed by atoms with Crippen molar-refractivity contribution in [1.82, 2.24) is 9.80 Å². The Balaban J connectivity index is 2.07. The molecule has 0 radical (unpaired) electrons. The molecule has 0 aromatic carbocycles. The fraction of sp³-hybridized carbons (Fsp3) is 0.923. The molecular weight excluding hydrogens is 216 g/mol. The first kappa shape index (κ1) is 14.5. The van der Waals surface area contributed by atoms with Crippen LogP contribution >= 0.6 is 0 Å². The van der Waals surface area contributed by atoms with E-state index >= 15 is 0 Å². The van der Waals surface area contributed by atoms with E-state index in [4.69, 9.17) is 0 Å². The van der Waals surface area contributed by atoms with Crippen LogP contribution in [-0.4, -0.2) is 63.2 Å². The third-order valence-electron chi connectivity index (χ3n) is 3.68. The highest BCUT2D eigenvalue weighted by Crippen LogP contribution is 2.19. The monoisotopic (exact) mass is 242 g/mol. The van der Waals surface area contributed by atoms with Gasteiger partial charge < -0.3 is 14.5 Å². The van der Waals surface area contributed by atoms with Crippen LogP contribution < -0.4 is 0 Å². The third kappa shape index (κ3) is 6.03. The van der Waals surface area contributed by atoms with Gasteiger partial charge in [0.1, 0.15) is 0 Å². The van der Waals surface area contributed by atoms with Crippen LogP contribution in [0.4, 0.5) is 0 Å². The molecule has 0 aromatic rings. The number of ether oxygens (including phenoxy) is 1. The summed E-state index contributed by atoms with van der Waals surface area (Å²) < 4.78 is 4.64. The summed E-state index contributed by atoms with van der Waals surface area (Å²) in [6, 6.07) is 0. The average Bonchev–Trinajstić information content (AvgIpc) is 2.35. The standard InChI is InChI=1S/C13H26N2O2/c1-14-8-4-12(5-9-14)6-10-15(2)11-7-13(16)17-3/h12H,4-11H2,1-3H3. The Bertz CT molecular complexity index is 225. The fourth-order valence-corrected chi connectivity index (χ4v) is 2.25. The Kier molecular flexibility index (Phi) is 6.52. The van der Waals surface area contributed by atoms with E-state index in [-0.39, 0.29) is 5.97 Å². The lowest BCUT2D eigenvalue weighted by Crippen LogP contribution is -2.32. The Hall–Kier alpha value is -0.610. The van der Waals surface area contributed by atoms with Crippen molar-refractivity contribution in [3.05, 3.63) is 0 Å². The van der Waals surface area contributed by atoms with Gasteiger partial charge in [0.2, 0.25) is 0 Å². The number of carbonyl (C=O) groups is 1. The molecular formula is C13H26N2O2. The normalized spacial score (nSPS) is 18.6. The van der Waals surface area contributed by atoms with Crippen molar-refractivity contribution in [2.45, 2.75) is 25.7 Å². The number of hydrogen-bond donors (Lipinski definition) is 0. The zero-order valence-corrected chi connectivity index (χ0v) is 11.4. The molecule has 4 heteroatoms. The molecule has 0 aromatic heterocycles. The molecule has 1 aliphatic rings. The summed E-state index contributed by atoms with van der Waals surface area (Å²) in [5.74, 6) is 0.753. The highest BCUT2D eigenvalue weighted by Gasteiger charge is 2.16. The van der Waals surface area contributed by atoms with Crippen LogP contribution in [0.1, 0.15) is 25.7 Å². The number of likely N-dealkylation sites (tertiary alicyclic amines) is 1. The molecule has 0 saturated carbocycles. The Labute approximate surface area is 105 Å². The molecule has 1 fully saturated rings. The minimum atomic E-state index is -0.115. The second kappa shape index (κ2) is 7.67. The average molecular weight is 242 g/mol. The van der Waals surface area contributed by atoms with E-state index in [2.05, 4.69) is 28.6 Å². The van der Waals surface area contributed by atoms with Crippen molar-refractivity contribution >= 4 is 5.97 Å². The van der Waals surface area contributed by atoms with Crippen molar-refractivity contribution < 1.29 is 9.53 Å². The molecule has 4 nitrogen and oxygen atoms in total. The lowest BCUT2D eigenvalue weighted by molar-refractivity contribution is -0.140. The SMILES string of the molecule is COC(=O)CCN(C)CCC1CCN(C)CC1. The number of hydrogen-bond acceptors (Lipinski definition) is 4. The van der Waals surface area contributed by atoms with Crippen LogP contribution in [0.2, 0.25) is 0 Å². The first-order valence-electron chi connectivity index (χ1n) is 6.55. The number of rotatable bonds is 6. The number of nitrogens with zero attached hydrogens (tertiary/aromatic N) is 2. The van der Waals surface area contributed by atoms with Crippen LogP contribution in [0.15, 0.2) is 0 Å². The number of piperidine rings is 1. The largest absolute Gasteiger partial charge is 0.469 e. The lowest BCUT2D eigenvalue weighted by atomic mass is 9.94. The summed E-state index contributed by atoms with van der Waals surface area (Å²) in [5, 5.41) is 0. The second-order valence-electron chi connectivity index (χ2n) is 5.16. The predicted molar refractivity (Wildman–Crippen MR) is 69.0 cm³/mol. The van der Waals surface area contributed by atoms with Crippen molar-refractivity contribution in [1.29, 1.82) is 0 Å². The molecule has 0 bridgehead atoms. The van der Waals surface area contributed by atoms with Crippen molar-refractivity contribution in [3.63, 3.8) is 0 Å². The zero-order chi connectivity index (χ0) is 12.7. The first-order chi connectivity index (χ1) is 8.11. The summed E-state index contributed by atoms with van der Waals surface area (Å²) in [5.41, 5.74) is 0. The van der Waals surface area contributed by atoms with E-state index in [1.165, 1.54) is 39.5 Å². The maximum absolute atomic E-state index is 11.0. The Morgan fingerprint density at radius 2 is 2.00 bits per heavy atom. The second-order valence-corrected chi connectivity index (χ2v) is 5.16. The van der Waals surface area contributed by atoms with E-state index in [1.54, 1.807) is 0 Å². The molecule has 0 aliphatic carbocycles. The first-order valence-corrected chi connectivity index (χ1v) is 6.55. The molecule has 1 aliphatic heterocycles. The summed E-state index contributed by atoms with van der Waals surface area (Å²) in [6.45, 7) is 4.36. The van der Waals surface area contributed by atoms with Crippen LogP contribution in [0, 0.1) is 5.92 Å². The summed E-state index contributed by atoms with van der Waals surface area (Å²) in [4.78, 5) is 15.6. The van der Waals surface area contributed by atoms with Gasteiger partial charge in [0.15, 0.2) is 0 Å². The molecule has 0 atom stereocenters. The summed E-state index contributed by atoms with van der Waals surface area (Å²) >= 11 is 0. The highest BCUT2D eigenvalue weighted by molar-refractivity contribution is 5.69.